The molecule has 15 N–H and O–H groups in total. The molecule has 0 amide bonds. The summed E-state index contributed by atoms with van der Waals surface area (Å²) in [5.41, 5.74) is 24.0. The number of hydrogen-bond acceptors (Lipinski definition) is 28. The molecule has 5 heterocycles. The van der Waals surface area contributed by atoms with Crippen molar-refractivity contribution >= 4 is 82.7 Å². The van der Waals surface area contributed by atoms with Crippen LogP contribution >= 0.6 is 23.2 Å². The first-order valence-electron chi connectivity index (χ1n) is 40.5. The van der Waals surface area contributed by atoms with E-state index in [0.29, 0.717) is 76.2 Å². The molecule has 5 aromatic heterocycles. The van der Waals surface area contributed by atoms with E-state index >= 15 is 0 Å². The second kappa shape index (κ2) is 44.4. The molecule has 0 radical (unpaired) electrons. The molecule has 10 aromatic rings. The number of halogens is 7. The van der Waals surface area contributed by atoms with Gasteiger partial charge >= 0.3 is 0 Å². The zero-order valence-electron chi connectivity index (χ0n) is 71.3. The molecule has 2 saturated carbocycles. The summed E-state index contributed by atoms with van der Waals surface area (Å²) in [5.74, 6) is 4.72. The van der Waals surface area contributed by atoms with Crippen LogP contribution in [0, 0.1) is 11.8 Å². The van der Waals surface area contributed by atoms with Crippen molar-refractivity contribution in [1.29, 1.82) is 0 Å². The third-order valence-corrected chi connectivity index (χ3v) is 19.4. The molecule has 2 fully saturated rings. The zero-order chi connectivity index (χ0) is 88.2. The summed E-state index contributed by atoms with van der Waals surface area (Å²) in [7, 11) is 1.55. The van der Waals surface area contributed by atoms with Crippen molar-refractivity contribution in [3.05, 3.63) is 189 Å². The Balaban J connectivity index is 0.000000188. The van der Waals surface area contributed by atoms with Gasteiger partial charge in [-0.3, -0.25) is 0 Å². The van der Waals surface area contributed by atoms with Gasteiger partial charge in [0.15, 0.2) is 57.5 Å². The number of nitrogen functional groups attached to an aromatic ring is 5. The highest BCUT2D eigenvalue weighted by atomic mass is 35.5. The van der Waals surface area contributed by atoms with Gasteiger partial charge in [-0.25, -0.2) is 22.0 Å². The number of anilines is 10. The first kappa shape index (κ1) is 95.3. The fourth-order valence-electron chi connectivity index (χ4n) is 12.1. The number of aromatic nitrogens is 15. The second-order valence-corrected chi connectivity index (χ2v) is 33.1. The van der Waals surface area contributed by atoms with Gasteiger partial charge in [0.25, 0.3) is 0 Å². The molecule has 5 unspecified atom stereocenters. The Morgan fingerprint density at radius 2 is 0.719 bits per heavy atom. The number of benzene rings is 5. The Labute approximate surface area is 715 Å². The highest BCUT2D eigenvalue weighted by molar-refractivity contribution is 6.31. The van der Waals surface area contributed by atoms with Crippen LogP contribution in [0.5, 0.6) is 17.2 Å². The minimum atomic E-state index is -1.72. The Morgan fingerprint density at radius 1 is 0.380 bits per heavy atom. The highest BCUT2D eigenvalue weighted by Crippen LogP contribution is 2.38. The number of rotatable bonds is 35. The topological polar surface area (TPSA) is 411 Å². The SMILES string of the molecule is CC(C)(F)c1nc(N)nc(NC(CCCc2ccccc2)C2CC2)n1.CC(C)(F)c1nc(N)nc(NC(CCc2ccccc2)C2CCC2)n1.CC(COc1cccc(Cl)c1)Nc1nc(N)nc(C(C)(C)F)n1.CCC(CCc1ccccc1)Nc1nc(N)nc(C(C)(C)F)n1.COc1cc(Cl)cc(OCC(C)Nc2nc(N)nc(C(C)(C)F)n2)c1. The number of nitrogens with zero attached hydrogens (tertiary/aromatic N) is 15. The summed E-state index contributed by atoms with van der Waals surface area (Å²) in [4.78, 5) is 60.4. The lowest BCUT2D eigenvalue weighted by molar-refractivity contribution is 0.206. The van der Waals surface area contributed by atoms with Gasteiger partial charge in [-0.05, 0) is 219 Å². The van der Waals surface area contributed by atoms with Gasteiger partial charge < -0.3 is 69.5 Å². The second-order valence-electron chi connectivity index (χ2n) is 32.3. The van der Waals surface area contributed by atoms with E-state index in [2.05, 4.69) is 169 Å². The molecule has 5 aromatic carbocycles. The molecule has 12 rings (SSSR count). The van der Waals surface area contributed by atoms with Crippen molar-refractivity contribution in [3.8, 4) is 17.2 Å². The van der Waals surface area contributed by atoms with Crippen LogP contribution in [0.2, 0.25) is 10.0 Å². The van der Waals surface area contributed by atoms with Gasteiger partial charge in [0.05, 0.1) is 19.2 Å². The number of aryl methyl sites for hydroxylation is 3. The molecular weight excluding hydrogens is 1600 g/mol. The zero-order valence-corrected chi connectivity index (χ0v) is 72.8. The summed E-state index contributed by atoms with van der Waals surface area (Å²) < 4.78 is 86.8. The lowest BCUT2D eigenvalue weighted by atomic mass is 9.78. The van der Waals surface area contributed by atoms with Crippen LogP contribution in [0.3, 0.4) is 0 Å². The summed E-state index contributed by atoms with van der Waals surface area (Å²) >= 11 is 11.9. The maximum Gasteiger partial charge on any atom is 0.228 e. The third kappa shape index (κ3) is 33.7. The average Bonchev–Trinajstić information content (AvgIpc) is 1.81. The minimum Gasteiger partial charge on any atom is -0.497 e. The lowest BCUT2D eigenvalue weighted by Crippen LogP contribution is -2.35. The fourth-order valence-corrected chi connectivity index (χ4v) is 12.5. The summed E-state index contributed by atoms with van der Waals surface area (Å²) in [6.07, 6.45) is 14.0. The average molecular weight is 1710 g/mol. The van der Waals surface area contributed by atoms with Gasteiger partial charge in [0, 0.05) is 34.2 Å². The summed E-state index contributed by atoms with van der Waals surface area (Å²) in [5, 5.41) is 17.1. The minimum absolute atomic E-state index is 0.0181. The fraction of sp³-hybridized carbons (Fsp3) is 0.477. The Hall–Kier alpha value is -11.2. The van der Waals surface area contributed by atoms with Crippen molar-refractivity contribution in [2.45, 2.75) is 232 Å². The van der Waals surface area contributed by atoms with Crippen molar-refractivity contribution in [2.24, 2.45) is 11.8 Å². The van der Waals surface area contributed by atoms with E-state index in [4.69, 9.17) is 66.1 Å². The summed E-state index contributed by atoms with van der Waals surface area (Å²) in [6.45, 7) is 20.4. The first-order valence-corrected chi connectivity index (χ1v) is 41.2. The van der Waals surface area contributed by atoms with Gasteiger partial charge in [0.1, 0.15) is 30.5 Å². The van der Waals surface area contributed by atoms with E-state index in [0.717, 1.165) is 51.4 Å². The molecule has 652 valence electrons. The Morgan fingerprint density at radius 3 is 1.07 bits per heavy atom. The number of alkyl halides is 5. The molecule has 0 bridgehead atoms. The molecule has 0 saturated heterocycles. The number of hydrogen-bond donors (Lipinski definition) is 10. The third-order valence-electron chi connectivity index (χ3n) is 18.9. The van der Waals surface area contributed by atoms with E-state index in [1.54, 1.807) is 43.5 Å². The van der Waals surface area contributed by atoms with Crippen LogP contribution in [-0.4, -0.2) is 125 Å². The molecule has 28 nitrogen and oxygen atoms in total. The maximum atomic E-state index is 14.2. The van der Waals surface area contributed by atoms with E-state index in [1.807, 2.05) is 50.2 Å². The molecule has 121 heavy (non-hydrogen) atoms. The van der Waals surface area contributed by atoms with Crippen molar-refractivity contribution in [1.82, 2.24) is 74.8 Å². The number of nitrogens with two attached hydrogens (primary N) is 5. The van der Waals surface area contributed by atoms with Crippen LogP contribution in [0.4, 0.5) is 81.4 Å². The monoisotopic (exact) mass is 1710 g/mol. The number of methoxy groups -OCH3 is 1. The van der Waals surface area contributed by atoms with Gasteiger partial charge in [-0.2, -0.15) is 74.8 Å². The lowest BCUT2D eigenvalue weighted by Gasteiger charge is -2.34. The number of ether oxygens (including phenoxy) is 3. The molecule has 5 atom stereocenters. The Bertz CT molecular complexity index is 4830. The van der Waals surface area contributed by atoms with Crippen LogP contribution in [0.1, 0.15) is 200 Å². The molecular formula is C86H116Cl2F5N25O3. The molecule has 35 heteroatoms. The summed E-state index contributed by atoms with van der Waals surface area (Å²) in [6, 6.07) is 43.8. The number of nitrogens with one attached hydrogen (secondary N) is 5. The largest absolute Gasteiger partial charge is 0.497 e. The first-order chi connectivity index (χ1) is 57.1. The molecule has 0 spiro atoms. The standard InChI is InChI=1S/2C19H26FN5.C17H24FN5.C16H21ClFN5O2.C15H19ClFN5O/c1-19(2,20)16-23-17(21)25-18(24-16)22-15(14-9-6-10-14)12-11-13-7-4-3-5-8-13;1-19(2,20)16-23-17(21)25-18(24-16)22-15(14-11-12-14)10-6-9-13-7-4-3-5-8-13;1-4-13(11-10-12-8-6-5-7-9-12)20-16-22-14(17(2,3)18)21-15(19)23-16;1-9(8-25-12-6-10(17)5-11(7-12)24-4)20-15-22-13(16(2,3)18)21-14(19)23-15;1-9(8-23-11-6-4-5-10(16)7-11)19-14-21-12(15(2,3)17)20-13(18)22-14/h2*3-5,7-8,14-15H,6,9-12H2,1-2H3,(H3,21,22,23,24,25);5-9,13H,4,10-11H2,1-3H3,(H3,19,20,21,22,23);5-7,9H,8H2,1-4H3,(H3,19,20,21,22,23);4-7,9H,8H2,1-3H3,(H3,18,19,20,21,22). The van der Waals surface area contributed by atoms with Crippen molar-refractivity contribution < 1.29 is 36.2 Å². The maximum absolute atomic E-state index is 14.2. The van der Waals surface area contributed by atoms with E-state index in [1.165, 1.54) is 118 Å². The smallest absolute Gasteiger partial charge is 0.228 e. The van der Waals surface area contributed by atoms with Crippen molar-refractivity contribution in [3.63, 3.8) is 0 Å². The van der Waals surface area contributed by atoms with Crippen LogP contribution in [-0.2, 0) is 47.6 Å². The van der Waals surface area contributed by atoms with Crippen LogP contribution < -0.4 is 69.5 Å². The molecule has 0 aliphatic heterocycles. The van der Waals surface area contributed by atoms with E-state index in [9.17, 15) is 22.0 Å². The van der Waals surface area contributed by atoms with E-state index < -0.39 is 28.3 Å². The van der Waals surface area contributed by atoms with Gasteiger partial charge in [-0.1, -0.05) is 134 Å². The molecule has 2 aliphatic rings. The van der Waals surface area contributed by atoms with Crippen molar-refractivity contribution in [2.75, 3.05) is 75.6 Å². The predicted octanol–water partition coefficient (Wildman–Crippen LogP) is 17.6. The van der Waals surface area contributed by atoms with Gasteiger partial charge in [-0.15, -0.1) is 0 Å². The van der Waals surface area contributed by atoms with Crippen LogP contribution in [0.25, 0.3) is 0 Å². The highest BCUT2D eigenvalue weighted by Gasteiger charge is 2.34. The Kier molecular flexibility index (Phi) is 34.9. The molecule has 2 aliphatic carbocycles. The van der Waals surface area contributed by atoms with E-state index in [-0.39, 0.29) is 94.9 Å². The van der Waals surface area contributed by atoms with Crippen LogP contribution in [0.15, 0.2) is 133 Å². The quantitative estimate of drug-likeness (QED) is 0.0165. The normalized spacial score (nSPS) is 14.1. The predicted molar refractivity (Wildman–Crippen MR) is 470 cm³/mol. The van der Waals surface area contributed by atoms with Gasteiger partial charge in [0.2, 0.25) is 59.5 Å².